The molecule has 1 N–H and O–H groups in total. The molecule has 2 atom stereocenters. The van der Waals surface area contributed by atoms with Gasteiger partial charge in [-0.2, -0.15) is 5.10 Å². The Kier molecular flexibility index (Phi) is 4.99. The largest absolute Gasteiger partial charge is 0.365 e. The molecule has 1 aliphatic heterocycles. The van der Waals surface area contributed by atoms with Gasteiger partial charge in [-0.05, 0) is 45.3 Å². The maximum absolute atomic E-state index is 12.3. The Morgan fingerprint density at radius 1 is 1.33 bits per heavy atom. The van der Waals surface area contributed by atoms with Crippen molar-refractivity contribution in [3.05, 3.63) is 40.7 Å². The highest BCUT2D eigenvalue weighted by molar-refractivity contribution is 5.31. The number of likely N-dealkylation sites (tertiary alicyclic amines) is 1. The lowest BCUT2D eigenvalue weighted by Gasteiger charge is -2.39. The van der Waals surface area contributed by atoms with Crippen molar-refractivity contribution in [2.24, 2.45) is 13.0 Å². The summed E-state index contributed by atoms with van der Waals surface area (Å²) in [6.07, 6.45) is 7.54. The molecule has 7 nitrogen and oxygen atoms in total. The van der Waals surface area contributed by atoms with Gasteiger partial charge in [0, 0.05) is 38.7 Å². The van der Waals surface area contributed by atoms with Crippen LogP contribution in [0.5, 0.6) is 0 Å². The fraction of sp³-hybridized carbons (Fsp3) is 0.588. The van der Waals surface area contributed by atoms with E-state index in [0.29, 0.717) is 24.3 Å². The second-order valence-corrected chi connectivity index (χ2v) is 6.46. The van der Waals surface area contributed by atoms with E-state index < -0.39 is 0 Å². The van der Waals surface area contributed by atoms with E-state index in [2.05, 4.69) is 33.4 Å². The molecule has 2 aromatic heterocycles. The summed E-state index contributed by atoms with van der Waals surface area (Å²) in [7, 11) is 4.15. The Bertz CT molecular complexity index is 737. The molecule has 24 heavy (non-hydrogen) atoms. The second-order valence-electron chi connectivity index (χ2n) is 6.46. The first-order valence-corrected chi connectivity index (χ1v) is 8.59. The number of aryl methyl sites for hydroxylation is 2. The van der Waals surface area contributed by atoms with Crippen LogP contribution in [0.2, 0.25) is 0 Å². The minimum Gasteiger partial charge on any atom is -0.365 e. The molecule has 0 bridgehead atoms. The van der Waals surface area contributed by atoms with Crippen LogP contribution in [-0.2, 0) is 13.6 Å². The first kappa shape index (κ1) is 16.7. The van der Waals surface area contributed by atoms with Crippen LogP contribution in [0, 0.1) is 5.92 Å². The smallest absolute Gasteiger partial charge is 0.293 e. The maximum Gasteiger partial charge on any atom is 0.293 e. The van der Waals surface area contributed by atoms with Gasteiger partial charge in [-0.25, -0.2) is 4.98 Å². The number of hydrogen-bond donors (Lipinski definition) is 1. The van der Waals surface area contributed by atoms with E-state index in [9.17, 15) is 4.79 Å². The third kappa shape index (κ3) is 3.21. The van der Waals surface area contributed by atoms with Gasteiger partial charge in [-0.1, -0.05) is 0 Å². The zero-order valence-corrected chi connectivity index (χ0v) is 14.6. The predicted molar refractivity (Wildman–Crippen MR) is 94.0 cm³/mol. The van der Waals surface area contributed by atoms with Crippen LogP contribution in [0.1, 0.15) is 31.5 Å². The van der Waals surface area contributed by atoms with Gasteiger partial charge in [-0.15, -0.1) is 0 Å². The molecule has 130 valence electrons. The number of nitrogens with one attached hydrogen (secondary N) is 1. The molecule has 7 heteroatoms. The van der Waals surface area contributed by atoms with Crippen LogP contribution in [0.15, 0.2) is 29.5 Å². The highest BCUT2D eigenvalue weighted by atomic mass is 16.1. The van der Waals surface area contributed by atoms with Crippen molar-refractivity contribution in [3.8, 4) is 0 Å². The van der Waals surface area contributed by atoms with E-state index >= 15 is 0 Å². The normalized spacial score (nSPS) is 21.8. The summed E-state index contributed by atoms with van der Waals surface area (Å²) in [5.41, 5.74) is 1.16. The van der Waals surface area contributed by atoms with Gasteiger partial charge in [0.15, 0.2) is 5.82 Å². The molecule has 0 unspecified atom stereocenters. The molecule has 3 rings (SSSR count). The van der Waals surface area contributed by atoms with Crippen molar-refractivity contribution in [2.75, 3.05) is 25.5 Å². The summed E-state index contributed by atoms with van der Waals surface area (Å²) in [6, 6.07) is 2.39. The van der Waals surface area contributed by atoms with Gasteiger partial charge in [0.05, 0.1) is 11.7 Å². The third-order valence-corrected chi connectivity index (χ3v) is 4.96. The van der Waals surface area contributed by atoms with Crippen molar-refractivity contribution in [1.82, 2.24) is 24.2 Å². The van der Waals surface area contributed by atoms with E-state index in [4.69, 9.17) is 0 Å². The lowest BCUT2D eigenvalue weighted by molar-refractivity contribution is 0.121. The van der Waals surface area contributed by atoms with Crippen LogP contribution < -0.4 is 10.9 Å². The first-order chi connectivity index (χ1) is 11.6. The van der Waals surface area contributed by atoms with E-state index in [0.717, 1.165) is 19.5 Å². The van der Waals surface area contributed by atoms with Crippen LogP contribution in [0.4, 0.5) is 5.82 Å². The van der Waals surface area contributed by atoms with Gasteiger partial charge < -0.3 is 9.88 Å². The van der Waals surface area contributed by atoms with E-state index in [-0.39, 0.29) is 5.56 Å². The molecule has 0 radical (unpaired) electrons. The molecule has 0 spiro atoms. The topological polar surface area (TPSA) is 68.0 Å². The number of anilines is 1. The Morgan fingerprint density at radius 3 is 2.88 bits per heavy atom. The highest BCUT2D eigenvalue weighted by Crippen LogP contribution is 2.34. The number of hydrogen-bond acceptors (Lipinski definition) is 5. The van der Waals surface area contributed by atoms with Gasteiger partial charge in [0.25, 0.3) is 5.56 Å². The van der Waals surface area contributed by atoms with E-state index in [1.807, 2.05) is 24.9 Å². The van der Waals surface area contributed by atoms with Crippen LogP contribution in [-0.4, -0.2) is 44.4 Å². The molecular formula is C17H26N6O. The highest BCUT2D eigenvalue weighted by Gasteiger charge is 2.32. The average molecular weight is 330 g/mol. The van der Waals surface area contributed by atoms with Crippen molar-refractivity contribution in [2.45, 2.75) is 32.4 Å². The van der Waals surface area contributed by atoms with Crippen molar-refractivity contribution >= 4 is 5.82 Å². The molecule has 0 aliphatic carbocycles. The Balaban J connectivity index is 1.78. The summed E-state index contributed by atoms with van der Waals surface area (Å²) in [6.45, 7) is 4.42. The molecule has 0 aromatic carbocycles. The first-order valence-electron chi connectivity index (χ1n) is 8.59. The minimum atomic E-state index is -0.0544. The Morgan fingerprint density at radius 2 is 2.17 bits per heavy atom. The van der Waals surface area contributed by atoms with Gasteiger partial charge >= 0.3 is 0 Å². The summed E-state index contributed by atoms with van der Waals surface area (Å²) in [5.74, 6) is 0.854. The molecule has 1 saturated heterocycles. The fourth-order valence-electron chi connectivity index (χ4n) is 3.66. The Hall–Kier alpha value is -2.15. The fourth-order valence-corrected chi connectivity index (χ4v) is 3.66. The molecule has 1 aliphatic rings. The second kappa shape index (κ2) is 7.17. The molecule has 2 aromatic rings. The van der Waals surface area contributed by atoms with E-state index in [1.165, 1.54) is 12.1 Å². The molecule has 3 heterocycles. The average Bonchev–Trinajstić information content (AvgIpc) is 2.99. The summed E-state index contributed by atoms with van der Waals surface area (Å²) >= 11 is 0. The summed E-state index contributed by atoms with van der Waals surface area (Å²) < 4.78 is 3.62. The van der Waals surface area contributed by atoms with Crippen LogP contribution >= 0.6 is 0 Å². The molecule has 0 amide bonds. The van der Waals surface area contributed by atoms with Crippen LogP contribution in [0.25, 0.3) is 0 Å². The third-order valence-electron chi connectivity index (χ3n) is 4.96. The monoisotopic (exact) mass is 330 g/mol. The van der Waals surface area contributed by atoms with Gasteiger partial charge in [0.1, 0.15) is 0 Å². The maximum atomic E-state index is 12.3. The lowest BCUT2D eigenvalue weighted by Crippen LogP contribution is -2.40. The van der Waals surface area contributed by atoms with Crippen molar-refractivity contribution in [3.63, 3.8) is 0 Å². The molecular weight excluding hydrogens is 304 g/mol. The SMILES string of the molecule is CCn1ccnc(NC[C@@H]2CCCN(C)[C@H]2c2ccnn2C)c1=O. The summed E-state index contributed by atoms with van der Waals surface area (Å²) in [5, 5.41) is 7.61. The molecule has 0 saturated carbocycles. The Labute approximate surface area is 142 Å². The van der Waals surface area contributed by atoms with Crippen molar-refractivity contribution in [1.29, 1.82) is 0 Å². The van der Waals surface area contributed by atoms with E-state index in [1.54, 1.807) is 17.0 Å². The summed E-state index contributed by atoms with van der Waals surface area (Å²) in [4.78, 5) is 18.9. The zero-order chi connectivity index (χ0) is 17.1. The van der Waals surface area contributed by atoms with Gasteiger partial charge in [-0.3, -0.25) is 14.4 Å². The standard InChI is InChI=1S/C17H26N6O/c1-4-23-11-9-18-16(17(23)24)19-12-13-6-5-10-21(2)15(13)14-7-8-20-22(14)3/h7-9,11,13,15H,4-6,10,12H2,1-3H3,(H,18,19)/t13-,15+/m0/s1. The van der Waals surface area contributed by atoms with Gasteiger partial charge in [0.2, 0.25) is 0 Å². The number of nitrogens with zero attached hydrogens (tertiary/aromatic N) is 5. The van der Waals surface area contributed by atoms with Crippen molar-refractivity contribution < 1.29 is 0 Å². The van der Waals surface area contributed by atoms with Crippen LogP contribution in [0.3, 0.4) is 0 Å². The number of rotatable bonds is 5. The number of piperidine rings is 1. The quantitative estimate of drug-likeness (QED) is 0.900. The lowest BCUT2D eigenvalue weighted by atomic mass is 9.87. The number of aromatic nitrogens is 4. The molecule has 1 fully saturated rings. The predicted octanol–water partition coefficient (Wildman–Crippen LogP) is 1.49. The zero-order valence-electron chi connectivity index (χ0n) is 14.6. The minimum absolute atomic E-state index is 0.0544.